The van der Waals surface area contributed by atoms with Gasteiger partial charge in [0.1, 0.15) is 5.52 Å². The van der Waals surface area contributed by atoms with Crippen molar-refractivity contribution in [1.82, 2.24) is 4.98 Å². The van der Waals surface area contributed by atoms with E-state index >= 15 is 0 Å². The molecule has 3 aromatic rings. The molecule has 1 N–H and O–H groups in total. The van der Waals surface area contributed by atoms with Gasteiger partial charge in [0.05, 0.1) is 22.4 Å². The van der Waals surface area contributed by atoms with E-state index < -0.39 is 10.8 Å². The average molecular weight is 318 g/mol. The van der Waals surface area contributed by atoms with Crippen LogP contribution >= 0.6 is 11.6 Å². The minimum atomic E-state index is -0.520. The van der Waals surface area contributed by atoms with Crippen LogP contribution in [0.2, 0.25) is 5.22 Å². The number of nitrogens with zero attached hydrogens (tertiary/aromatic N) is 2. The predicted molar refractivity (Wildman–Crippen MR) is 80.1 cm³/mol. The summed E-state index contributed by atoms with van der Waals surface area (Å²) in [5.41, 5.74) is 0.645. The fourth-order valence-corrected chi connectivity index (χ4v) is 2.26. The Bertz CT molecular complexity index is 891. The molecular weight excluding hydrogens is 310 g/mol. The van der Waals surface area contributed by atoms with Gasteiger partial charge in [-0.2, -0.15) is 0 Å². The van der Waals surface area contributed by atoms with Gasteiger partial charge in [-0.1, -0.05) is 0 Å². The second-order valence-electron chi connectivity index (χ2n) is 4.35. The molecule has 8 heteroatoms. The van der Waals surface area contributed by atoms with Crippen molar-refractivity contribution in [2.75, 3.05) is 5.32 Å². The van der Waals surface area contributed by atoms with E-state index in [0.29, 0.717) is 11.1 Å². The first-order valence-corrected chi connectivity index (χ1v) is 6.52. The van der Waals surface area contributed by atoms with Crippen LogP contribution in [0.4, 0.5) is 11.4 Å². The number of nitro benzene ring substituents is 1. The molecule has 0 aliphatic heterocycles. The van der Waals surface area contributed by atoms with E-state index in [9.17, 15) is 14.9 Å². The number of pyridine rings is 1. The second-order valence-corrected chi connectivity index (χ2v) is 4.69. The molecular formula is C14H8ClN3O4. The van der Waals surface area contributed by atoms with Crippen LogP contribution in [0.3, 0.4) is 0 Å². The number of carbonyl (C=O) groups is 1. The van der Waals surface area contributed by atoms with Crippen molar-refractivity contribution < 1.29 is 14.1 Å². The molecule has 22 heavy (non-hydrogen) atoms. The summed E-state index contributed by atoms with van der Waals surface area (Å²) in [5, 5.41) is 14.1. The van der Waals surface area contributed by atoms with E-state index in [1.807, 2.05) is 0 Å². The molecule has 1 amide bonds. The normalized spacial score (nSPS) is 10.6. The zero-order valence-corrected chi connectivity index (χ0v) is 11.7. The van der Waals surface area contributed by atoms with E-state index in [1.165, 1.54) is 30.7 Å². The van der Waals surface area contributed by atoms with Gasteiger partial charge in [-0.25, -0.2) is 4.98 Å². The molecule has 0 spiro atoms. The molecule has 0 saturated carbocycles. The maximum Gasteiger partial charge on any atom is 0.295 e. The first-order valence-electron chi connectivity index (χ1n) is 6.14. The number of fused-ring (bicyclic) bond motifs is 1. The van der Waals surface area contributed by atoms with Crippen LogP contribution in [-0.4, -0.2) is 15.8 Å². The lowest BCUT2D eigenvalue weighted by Gasteiger charge is -2.08. The van der Waals surface area contributed by atoms with E-state index in [-0.39, 0.29) is 22.0 Å². The fraction of sp³-hybridized carbons (Fsp3) is 0. The van der Waals surface area contributed by atoms with Gasteiger partial charge in [-0.05, 0) is 35.9 Å². The molecule has 0 fully saturated rings. The summed E-state index contributed by atoms with van der Waals surface area (Å²) in [6.45, 7) is 0. The number of aromatic nitrogens is 1. The lowest BCUT2D eigenvalue weighted by atomic mass is 10.1. The number of rotatable bonds is 3. The standard InChI is InChI=1S/C14H8ClN3O4/c15-13-9(5-7-22-13)14(19)17-10-3-4-11(18(20)21)12-8(10)2-1-6-16-12/h1-7H,(H,17,19). The summed E-state index contributed by atoms with van der Waals surface area (Å²) in [6, 6.07) is 7.45. The van der Waals surface area contributed by atoms with Gasteiger partial charge in [-0.3, -0.25) is 14.9 Å². The molecule has 0 bridgehead atoms. The van der Waals surface area contributed by atoms with Gasteiger partial charge in [-0.15, -0.1) is 0 Å². The van der Waals surface area contributed by atoms with E-state index in [4.69, 9.17) is 16.0 Å². The topological polar surface area (TPSA) is 98.3 Å². The number of nitro groups is 1. The third kappa shape index (κ3) is 2.38. The van der Waals surface area contributed by atoms with Crippen LogP contribution in [0.25, 0.3) is 10.9 Å². The molecule has 7 nitrogen and oxygen atoms in total. The molecule has 1 aromatic carbocycles. The van der Waals surface area contributed by atoms with Crippen LogP contribution in [0, 0.1) is 10.1 Å². The molecule has 0 unspecified atom stereocenters. The van der Waals surface area contributed by atoms with Crippen molar-refractivity contribution in [2.24, 2.45) is 0 Å². The van der Waals surface area contributed by atoms with Gasteiger partial charge in [0.15, 0.2) is 0 Å². The Morgan fingerprint density at radius 3 is 2.82 bits per heavy atom. The summed E-state index contributed by atoms with van der Waals surface area (Å²) in [6.07, 6.45) is 2.75. The van der Waals surface area contributed by atoms with Crippen LogP contribution in [0.5, 0.6) is 0 Å². The highest BCUT2D eigenvalue weighted by Crippen LogP contribution is 2.30. The van der Waals surface area contributed by atoms with Crippen molar-refractivity contribution in [3.05, 3.63) is 63.7 Å². The van der Waals surface area contributed by atoms with Gasteiger partial charge < -0.3 is 9.73 Å². The van der Waals surface area contributed by atoms with Gasteiger partial charge in [0, 0.05) is 17.6 Å². The Kier molecular flexibility index (Phi) is 3.48. The highest BCUT2D eigenvalue weighted by atomic mass is 35.5. The van der Waals surface area contributed by atoms with Crippen LogP contribution < -0.4 is 5.32 Å². The van der Waals surface area contributed by atoms with Gasteiger partial charge >= 0.3 is 0 Å². The summed E-state index contributed by atoms with van der Waals surface area (Å²) in [5.74, 6) is -0.474. The molecule has 0 radical (unpaired) electrons. The average Bonchev–Trinajstić information content (AvgIpc) is 2.93. The zero-order valence-electron chi connectivity index (χ0n) is 10.9. The van der Waals surface area contributed by atoms with Crippen molar-refractivity contribution in [3.8, 4) is 0 Å². The van der Waals surface area contributed by atoms with Gasteiger partial charge in [0.25, 0.3) is 11.6 Å². The maximum absolute atomic E-state index is 12.1. The molecule has 0 aliphatic carbocycles. The minimum absolute atomic E-state index is 0.0261. The summed E-state index contributed by atoms with van der Waals surface area (Å²) < 4.78 is 4.86. The number of halogens is 1. The number of hydrogen-bond acceptors (Lipinski definition) is 5. The van der Waals surface area contributed by atoms with Crippen LogP contribution in [0.15, 0.2) is 47.2 Å². The molecule has 0 saturated heterocycles. The predicted octanol–water partition coefficient (Wildman–Crippen LogP) is 3.64. The highest BCUT2D eigenvalue weighted by molar-refractivity contribution is 6.32. The smallest absolute Gasteiger partial charge is 0.295 e. The Balaban J connectivity index is 2.05. The number of anilines is 1. The van der Waals surface area contributed by atoms with Crippen molar-refractivity contribution >= 4 is 39.8 Å². The van der Waals surface area contributed by atoms with Gasteiger partial charge in [0.2, 0.25) is 5.22 Å². The molecule has 0 aliphatic rings. The van der Waals surface area contributed by atoms with Crippen molar-refractivity contribution in [3.63, 3.8) is 0 Å². The monoisotopic (exact) mass is 317 g/mol. The number of nitrogens with one attached hydrogen (secondary N) is 1. The summed E-state index contributed by atoms with van der Waals surface area (Å²) in [7, 11) is 0. The van der Waals surface area contributed by atoms with E-state index in [1.54, 1.807) is 12.1 Å². The van der Waals surface area contributed by atoms with Crippen molar-refractivity contribution in [1.29, 1.82) is 0 Å². The van der Waals surface area contributed by atoms with Crippen LogP contribution in [-0.2, 0) is 0 Å². The first kappa shape index (κ1) is 14.0. The number of furan rings is 1. The molecule has 0 atom stereocenters. The minimum Gasteiger partial charge on any atom is -0.452 e. The fourth-order valence-electron chi connectivity index (χ4n) is 2.06. The van der Waals surface area contributed by atoms with E-state index in [2.05, 4.69) is 10.3 Å². The molecule has 3 rings (SSSR count). The lowest BCUT2D eigenvalue weighted by Crippen LogP contribution is -2.12. The Morgan fingerprint density at radius 1 is 1.32 bits per heavy atom. The number of amides is 1. The van der Waals surface area contributed by atoms with Crippen LogP contribution in [0.1, 0.15) is 10.4 Å². The third-order valence-electron chi connectivity index (χ3n) is 3.06. The maximum atomic E-state index is 12.1. The number of carbonyl (C=O) groups excluding carboxylic acids is 1. The van der Waals surface area contributed by atoms with E-state index in [0.717, 1.165) is 0 Å². The largest absolute Gasteiger partial charge is 0.452 e. The molecule has 2 heterocycles. The third-order valence-corrected chi connectivity index (χ3v) is 3.35. The zero-order chi connectivity index (χ0) is 15.7. The highest BCUT2D eigenvalue weighted by Gasteiger charge is 2.18. The second kappa shape index (κ2) is 5.45. The molecule has 110 valence electrons. The Labute approximate surface area is 128 Å². The summed E-state index contributed by atoms with van der Waals surface area (Å²) >= 11 is 5.76. The number of benzene rings is 1. The number of non-ortho nitro benzene ring substituents is 1. The lowest BCUT2D eigenvalue weighted by molar-refractivity contribution is -0.383. The van der Waals surface area contributed by atoms with Crippen molar-refractivity contribution in [2.45, 2.75) is 0 Å². The number of hydrogen-bond donors (Lipinski definition) is 1. The Morgan fingerprint density at radius 2 is 2.14 bits per heavy atom. The SMILES string of the molecule is O=C(Nc1ccc([N+](=O)[O-])c2ncccc12)c1ccoc1Cl. The summed E-state index contributed by atoms with van der Waals surface area (Å²) in [4.78, 5) is 26.7. The molecule has 2 aromatic heterocycles. The quantitative estimate of drug-likeness (QED) is 0.587. The Hall–Kier alpha value is -2.93. The first-order chi connectivity index (χ1) is 10.6.